The van der Waals surface area contributed by atoms with E-state index in [0.717, 1.165) is 4.90 Å². The molecule has 34 nitrogen and oxygen atoms in total. The monoisotopic (exact) mass is 1190 g/mol. The van der Waals surface area contributed by atoms with Gasteiger partial charge in [-0.25, -0.2) is 9.98 Å². The maximum Gasteiger partial charge on any atom is 0.269 e. The van der Waals surface area contributed by atoms with E-state index in [9.17, 15) is 58.2 Å². The van der Waals surface area contributed by atoms with E-state index in [1.165, 1.54) is 18.6 Å². The summed E-state index contributed by atoms with van der Waals surface area (Å²) < 4.78 is 0. The van der Waals surface area contributed by atoms with Crippen molar-refractivity contribution in [2.24, 2.45) is 56.6 Å². The van der Waals surface area contributed by atoms with Crippen LogP contribution in [0.15, 0.2) is 29.3 Å². The number of aliphatic imine (C=N–C) groups is 1. The molecule has 2 heterocycles. The number of aliphatic hydroxyl groups excluding tert-OH is 2. The van der Waals surface area contributed by atoms with Crippen LogP contribution in [0.1, 0.15) is 95.6 Å². The third kappa shape index (κ3) is 25.9. The Balaban J connectivity index is 2.39. The van der Waals surface area contributed by atoms with Gasteiger partial charge in [0.05, 0.1) is 31.1 Å². The number of aromatic amines is 1. The molecule has 0 aromatic carbocycles. The molecule has 1 saturated heterocycles. The van der Waals surface area contributed by atoms with E-state index < -0.39 is 133 Å². The lowest BCUT2D eigenvalue weighted by Gasteiger charge is -2.28. The number of amides is 10. The Hall–Kier alpha value is -7.57. The van der Waals surface area contributed by atoms with Crippen molar-refractivity contribution in [2.75, 3.05) is 58.9 Å². The highest BCUT2D eigenvalue weighted by Crippen LogP contribution is 2.20. The number of nitrogens with two attached hydrogens (primary N) is 9. The van der Waals surface area contributed by atoms with Gasteiger partial charge in [0, 0.05) is 44.5 Å². The van der Waals surface area contributed by atoms with Crippen LogP contribution in [-0.4, -0.2) is 209 Å². The zero-order valence-electron chi connectivity index (χ0n) is 47.4. The van der Waals surface area contributed by atoms with Crippen molar-refractivity contribution in [1.82, 2.24) is 57.4 Å². The van der Waals surface area contributed by atoms with Crippen molar-refractivity contribution in [3.05, 3.63) is 30.0 Å². The van der Waals surface area contributed by atoms with Crippen molar-refractivity contribution in [3.63, 3.8) is 0 Å². The normalized spacial score (nSPS) is 16.3. The fraction of sp³-hybridized carbons (Fsp3) is 0.660. The highest BCUT2D eigenvalue weighted by Gasteiger charge is 2.39. The van der Waals surface area contributed by atoms with Crippen molar-refractivity contribution in [1.29, 1.82) is 5.41 Å². The summed E-state index contributed by atoms with van der Waals surface area (Å²) >= 11 is 0. The third-order valence-electron chi connectivity index (χ3n) is 13.2. The van der Waals surface area contributed by atoms with Gasteiger partial charge in [-0.05, 0) is 110 Å². The number of carbonyl (C=O) groups excluding carboxylic acids is 10. The van der Waals surface area contributed by atoms with E-state index in [1.54, 1.807) is 0 Å². The van der Waals surface area contributed by atoms with Gasteiger partial charge >= 0.3 is 0 Å². The Morgan fingerprint density at radius 2 is 1.31 bits per heavy atom. The lowest BCUT2D eigenvalue weighted by Crippen LogP contribution is -2.63. The molecule has 0 radical (unpaired) electrons. The minimum atomic E-state index is -1.86. The number of unbranched alkanes of at least 4 members (excludes halogenated alkanes) is 3. The molecule has 1 fully saturated rings. The SMILES string of the molecule is N=C(N)NCC/C=C(\NC(=O)[C@H](CCCCN)NC(=O)[C@H](Cc1cnc[nH]1)NC(=O)[C@@H]1CCCN1C(=O)/C(CCCN)=N/C(=O)CNC(=O)[C@@H](NC(=O)[C@@H](NC(=O)[C@@H](N)CCCCN)[C@@H](O)CN)[C@@H](O)CN)C(=O)N[C@@H](CCCCN)C(N)=O. The zero-order chi connectivity index (χ0) is 62.7. The lowest BCUT2D eigenvalue weighted by molar-refractivity contribution is -0.136. The number of aromatic nitrogens is 2. The van der Waals surface area contributed by atoms with Crippen LogP contribution >= 0.6 is 0 Å². The van der Waals surface area contributed by atoms with Gasteiger partial charge in [-0.1, -0.05) is 12.5 Å². The van der Waals surface area contributed by atoms with Crippen LogP contribution in [-0.2, 0) is 54.4 Å². The van der Waals surface area contributed by atoms with E-state index in [2.05, 4.69) is 57.5 Å². The maximum absolute atomic E-state index is 14.4. The first-order chi connectivity index (χ1) is 40.1. The standard InChI is InChI=1S/C50H90N22O12/c51-16-4-1-10-29(57)42(77)70-40(37(74)24-56)48(83)71-39(36(73)23-55)47(82)63-26-38(75)65-33(13-7-19-54)49(84)72-21-9-15-35(72)46(81)69-34(22-28-25-61-27-64-28)45(80)68-31(12-3-6-18-53)44(79)67-32(14-8-20-62-50(59)60)43(78)66-30(41(58)76)11-2-5-17-52/h14,25,27,29-31,34-37,39-40,73-74H,1-13,15-24,26,51-57H2,(H2,58,76)(H,61,64)(H,63,82)(H,66,78)(H,67,79)(H,68,80)(H,69,81)(H,70,77)(H,71,83)(H4,59,60,62)/b32-14-,65-33+/t29-,30-,31-,34-,35-,36-,37-,39-,40-/m0/s1. The number of nitrogens with one attached hydrogen (secondary N) is 10. The van der Waals surface area contributed by atoms with Crippen molar-refractivity contribution < 1.29 is 58.2 Å². The average Bonchev–Trinajstić information content (AvgIpc) is 4.20. The van der Waals surface area contributed by atoms with Gasteiger partial charge in [0.2, 0.25) is 41.4 Å². The molecule has 2 rings (SSSR count). The predicted molar refractivity (Wildman–Crippen MR) is 307 cm³/mol. The number of aliphatic hydroxyl groups is 2. The van der Waals surface area contributed by atoms with Crippen LogP contribution in [0.2, 0.25) is 0 Å². The molecule has 30 N–H and O–H groups in total. The van der Waals surface area contributed by atoms with Crippen LogP contribution in [0.4, 0.5) is 0 Å². The Labute approximate surface area is 486 Å². The molecule has 0 unspecified atom stereocenters. The summed E-state index contributed by atoms with van der Waals surface area (Å²) in [4.78, 5) is 148. The van der Waals surface area contributed by atoms with Crippen LogP contribution in [0.5, 0.6) is 0 Å². The van der Waals surface area contributed by atoms with Gasteiger partial charge in [0.15, 0.2) is 5.96 Å². The number of carbonyl (C=O) groups is 10. The molecule has 0 bridgehead atoms. The van der Waals surface area contributed by atoms with Gasteiger partial charge in [0.1, 0.15) is 47.7 Å². The number of H-pyrrole nitrogens is 1. The predicted octanol–water partition coefficient (Wildman–Crippen LogP) is -9.10. The number of likely N-dealkylation sites (tertiary alicyclic amines) is 1. The second-order valence-electron chi connectivity index (χ2n) is 19.8. The van der Waals surface area contributed by atoms with Gasteiger partial charge in [-0.15, -0.1) is 0 Å². The zero-order valence-corrected chi connectivity index (χ0v) is 47.4. The Morgan fingerprint density at radius 1 is 0.714 bits per heavy atom. The number of hydrogen-bond donors (Lipinski definition) is 21. The molecule has 1 aromatic rings. The molecule has 9 atom stereocenters. The highest BCUT2D eigenvalue weighted by molar-refractivity contribution is 6.40. The summed E-state index contributed by atoms with van der Waals surface area (Å²) in [5.41, 5.74) is 50.5. The highest BCUT2D eigenvalue weighted by atomic mass is 16.3. The smallest absolute Gasteiger partial charge is 0.269 e. The third-order valence-corrected chi connectivity index (χ3v) is 13.2. The topological polar surface area (TPSA) is 610 Å². The number of rotatable bonds is 41. The quantitative estimate of drug-likeness (QED) is 0.0125. The number of imidazole rings is 1. The Morgan fingerprint density at radius 3 is 1.88 bits per heavy atom. The summed E-state index contributed by atoms with van der Waals surface area (Å²) in [7, 11) is 0. The largest absolute Gasteiger partial charge is 0.389 e. The molecular formula is C50H90N22O12. The van der Waals surface area contributed by atoms with Crippen LogP contribution < -0.4 is 94.1 Å². The van der Waals surface area contributed by atoms with Gasteiger partial charge in [-0.3, -0.25) is 53.4 Å². The number of hydrogen-bond acceptors (Lipinski definition) is 21. The number of guanidine groups is 1. The van der Waals surface area contributed by atoms with E-state index in [1.807, 2.05) is 0 Å². The van der Waals surface area contributed by atoms with Crippen LogP contribution in [0, 0.1) is 5.41 Å². The molecule has 0 aliphatic carbocycles. The molecule has 34 heteroatoms. The number of nitrogens with zero attached hydrogens (tertiary/aromatic N) is 3. The molecule has 1 aliphatic heterocycles. The fourth-order valence-electron chi connectivity index (χ4n) is 8.46. The van der Waals surface area contributed by atoms with Gasteiger partial charge in [-0.2, -0.15) is 0 Å². The summed E-state index contributed by atoms with van der Waals surface area (Å²) in [6, 6.07) is -9.81. The maximum atomic E-state index is 14.4. The minimum Gasteiger partial charge on any atom is -0.389 e. The second kappa shape index (κ2) is 39.8. The van der Waals surface area contributed by atoms with Crippen molar-refractivity contribution in [3.8, 4) is 0 Å². The van der Waals surface area contributed by atoms with E-state index in [4.69, 9.17) is 57.0 Å². The summed E-state index contributed by atoms with van der Waals surface area (Å²) in [5.74, 6) is -9.62. The van der Waals surface area contributed by atoms with Crippen molar-refractivity contribution >= 4 is 70.7 Å². The summed E-state index contributed by atoms with van der Waals surface area (Å²) in [5, 5.41) is 48.4. The first-order valence-electron chi connectivity index (χ1n) is 28.0. The van der Waals surface area contributed by atoms with Crippen LogP contribution in [0.25, 0.3) is 0 Å². The first-order valence-corrected chi connectivity index (χ1v) is 28.0. The van der Waals surface area contributed by atoms with E-state index in [-0.39, 0.29) is 94.9 Å². The minimum absolute atomic E-state index is 0.00256. The second-order valence-corrected chi connectivity index (χ2v) is 19.8. The molecular weight excluding hydrogens is 1100 g/mol. The fourth-order valence-corrected chi connectivity index (χ4v) is 8.46. The van der Waals surface area contributed by atoms with Crippen molar-refractivity contribution in [2.45, 2.75) is 151 Å². The molecule has 1 aromatic heterocycles. The lowest BCUT2D eigenvalue weighted by atomic mass is 10.1. The van der Waals surface area contributed by atoms with E-state index in [0.29, 0.717) is 63.7 Å². The van der Waals surface area contributed by atoms with Gasteiger partial charge in [0.25, 0.3) is 17.7 Å². The van der Waals surface area contributed by atoms with Gasteiger partial charge < -0.3 is 114 Å². The molecule has 0 saturated carbocycles. The van der Waals surface area contributed by atoms with Crippen LogP contribution in [0.3, 0.4) is 0 Å². The molecule has 84 heavy (non-hydrogen) atoms. The van der Waals surface area contributed by atoms with E-state index >= 15 is 0 Å². The molecule has 0 spiro atoms. The molecule has 10 amide bonds. The summed E-state index contributed by atoms with van der Waals surface area (Å²) in [6.45, 7) is -0.942. The molecule has 472 valence electrons. The summed E-state index contributed by atoms with van der Waals surface area (Å²) in [6.07, 6.45) is 4.05. The Bertz CT molecular complexity index is 2380. The first kappa shape index (κ1) is 72.5. The Kier molecular flexibility index (Phi) is 34.4. The average molecular weight is 1190 g/mol. The number of primary amides is 1. The molecule has 1 aliphatic rings.